The van der Waals surface area contributed by atoms with Crippen LogP contribution in [-0.2, 0) is 5.41 Å². The predicted molar refractivity (Wildman–Crippen MR) is 135 cm³/mol. The lowest BCUT2D eigenvalue weighted by Gasteiger charge is -2.32. The van der Waals surface area contributed by atoms with Gasteiger partial charge in [-0.1, -0.05) is 20.8 Å². The van der Waals surface area contributed by atoms with E-state index in [-0.39, 0.29) is 17.0 Å². The quantitative estimate of drug-likeness (QED) is 0.382. The van der Waals surface area contributed by atoms with Crippen LogP contribution in [0.25, 0.3) is 10.9 Å². The highest BCUT2D eigenvalue weighted by Gasteiger charge is 2.21. The summed E-state index contributed by atoms with van der Waals surface area (Å²) in [5, 5.41) is 11.2. The number of fused-ring (bicyclic) bond motifs is 1. The van der Waals surface area contributed by atoms with Crippen molar-refractivity contribution in [3.8, 4) is 11.6 Å². The molecule has 9 nitrogen and oxygen atoms in total. The topological polar surface area (TPSA) is 98.0 Å². The Kier molecular flexibility index (Phi) is 5.84. The molecule has 0 saturated carbocycles. The molecule has 4 aromatic rings. The molecule has 3 aromatic heterocycles. The fourth-order valence-electron chi connectivity index (χ4n) is 4.06. The molecule has 1 aliphatic heterocycles. The molecule has 10 heteroatoms. The van der Waals surface area contributed by atoms with Gasteiger partial charge in [0.25, 0.3) is 0 Å². The van der Waals surface area contributed by atoms with Crippen molar-refractivity contribution in [3.05, 3.63) is 47.5 Å². The molecule has 0 spiro atoms. The average Bonchev–Trinajstić information content (AvgIpc) is 3.43. The number of anilines is 3. The summed E-state index contributed by atoms with van der Waals surface area (Å²) >= 11 is 0. The summed E-state index contributed by atoms with van der Waals surface area (Å²) in [6.07, 6.45) is 0. The molecule has 0 bridgehead atoms. The molecular formula is C25H31FN8O. The van der Waals surface area contributed by atoms with Crippen LogP contribution in [0, 0.1) is 12.7 Å². The molecular weight excluding hydrogens is 447 g/mol. The van der Waals surface area contributed by atoms with E-state index in [1.165, 1.54) is 0 Å². The molecule has 5 rings (SSSR count). The van der Waals surface area contributed by atoms with Crippen molar-refractivity contribution in [1.82, 2.24) is 30.0 Å². The van der Waals surface area contributed by atoms with E-state index in [2.05, 4.69) is 63.1 Å². The minimum Gasteiger partial charge on any atom is -0.436 e. The molecule has 0 amide bonds. The van der Waals surface area contributed by atoms with E-state index >= 15 is 4.39 Å². The van der Waals surface area contributed by atoms with Gasteiger partial charge in [-0.05, 0) is 32.2 Å². The first-order valence-electron chi connectivity index (χ1n) is 11.8. The zero-order chi connectivity index (χ0) is 24.7. The van der Waals surface area contributed by atoms with Crippen molar-refractivity contribution < 1.29 is 9.13 Å². The fourth-order valence-corrected chi connectivity index (χ4v) is 4.06. The number of aromatic nitrogens is 5. The molecule has 35 heavy (non-hydrogen) atoms. The second-order valence-corrected chi connectivity index (χ2v) is 10.1. The molecule has 1 fully saturated rings. The lowest BCUT2D eigenvalue weighted by molar-refractivity contribution is 0.310. The Balaban J connectivity index is 1.48. The van der Waals surface area contributed by atoms with Gasteiger partial charge in [-0.3, -0.25) is 5.10 Å². The molecule has 1 aliphatic rings. The number of halogens is 1. The van der Waals surface area contributed by atoms with Gasteiger partial charge in [0.1, 0.15) is 5.82 Å². The maximum absolute atomic E-state index is 15.2. The van der Waals surface area contributed by atoms with Crippen LogP contribution in [-0.4, -0.2) is 63.3 Å². The number of hydrogen-bond acceptors (Lipinski definition) is 7. The molecule has 3 N–H and O–H groups in total. The van der Waals surface area contributed by atoms with Crippen LogP contribution < -0.4 is 15.0 Å². The summed E-state index contributed by atoms with van der Waals surface area (Å²) in [4.78, 5) is 16.9. The van der Waals surface area contributed by atoms with Gasteiger partial charge in [0.2, 0.25) is 11.8 Å². The van der Waals surface area contributed by atoms with Crippen molar-refractivity contribution >= 4 is 28.5 Å². The van der Waals surface area contributed by atoms with Crippen molar-refractivity contribution in [2.45, 2.75) is 33.1 Å². The van der Waals surface area contributed by atoms with Crippen molar-refractivity contribution in [2.75, 3.05) is 43.4 Å². The summed E-state index contributed by atoms with van der Waals surface area (Å²) < 4.78 is 21.2. The lowest BCUT2D eigenvalue weighted by Crippen LogP contribution is -2.45. The molecule has 1 saturated heterocycles. The van der Waals surface area contributed by atoms with Crippen LogP contribution in [0.2, 0.25) is 0 Å². The average molecular weight is 479 g/mol. The Morgan fingerprint density at radius 1 is 1.03 bits per heavy atom. The van der Waals surface area contributed by atoms with E-state index in [4.69, 9.17) is 9.72 Å². The number of aryl methyl sites for hydroxylation is 1. The molecule has 0 radical (unpaired) electrons. The molecule has 4 heterocycles. The van der Waals surface area contributed by atoms with Crippen LogP contribution >= 0.6 is 0 Å². The molecule has 1 aromatic carbocycles. The van der Waals surface area contributed by atoms with Gasteiger partial charge in [-0.15, -0.1) is 0 Å². The Labute approximate surface area is 203 Å². The van der Waals surface area contributed by atoms with Crippen molar-refractivity contribution in [3.63, 3.8) is 0 Å². The first-order valence-corrected chi connectivity index (χ1v) is 11.8. The van der Waals surface area contributed by atoms with E-state index in [1.807, 2.05) is 13.0 Å². The summed E-state index contributed by atoms with van der Waals surface area (Å²) in [6, 6.07) is 8.81. The van der Waals surface area contributed by atoms with Gasteiger partial charge in [-0.25, -0.2) is 4.39 Å². The lowest BCUT2D eigenvalue weighted by atomic mass is 9.92. The third kappa shape index (κ3) is 4.93. The highest BCUT2D eigenvalue weighted by Crippen LogP contribution is 2.32. The van der Waals surface area contributed by atoms with E-state index in [0.29, 0.717) is 23.0 Å². The van der Waals surface area contributed by atoms with Crippen LogP contribution in [0.3, 0.4) is 0 Å². The SMILES string of the molecule is Cc1cc2c(F)c(Oc3cc(Nc4cc(C(C)(C)C)[nH]n4)nc(N4CCN(C)CC4)n3)ccc2[nH]1. The first-order chi connectivity index (χ1) is 16.7. The zero-order valence-electron chi connectivity index (χ0n) is 20.7. The van der Waals surface area contributed by atoms with Gasteiger partial charge in [0, 0.05) is 66.0 Å². The number of H-pyrrole nitrogens is 2. The summed E-state index contributed by atoms with van der Waals surface area (Å²) in [5.74, 6) is 1.63. The number of rotatable bonds is 5. The number of ether oxygens (including phenoxy) is 1. The summed E-state index contributed by atoms with van der Waals surface area (Å²) in [6.45, 7) is 11.6. The normalized spacial score (nSPS) is 15.1. The van der Waals surface area contributed by atoms with Crippen LogP contribution in [0.1, 0.15) is 32.2 Å². The molecule has 0 aliphatic carbocycles. The Bertz CT molecular complexity index is 1350. The van der Waals surface area contributed by atoms with Crippen molar-refractivity contribution in [2.24, 2.45) is 0 Å². The smallest absolute Gasteiger partial charge is 0.230 e. The van der Waals surface area contributed by atoms with Crippen LogP contribution in [0.5, 0.6) is 11.6 Å². The number of nitrogens with one attached hydrogen (secondary N) is 3. The van der Waals surface area contributed by atoms with E-state index < -0.39 is 5.82 Å². The first kappa shape index (κ1) is 23.1. The van der Waals surface area contributed by atoms with Crippen LogP contribution in [0.4, 0.5) is 22.0 Å². The van der Waals surface area contributed by atoms with Gasteiger partial charge in [0.05, 0.1) is 0 Å². The number of aromatic amines is 2. The van der Waals surface area contributed by atoms with Gasteiger partial charge in [-0.2, -0.15) is 15.1 Å². The van der Waals surface area contributed by atoms with Crippen LogP contribution in [0.15, 0.2) is 30.3 Å². The Hall–Kier alpha value is -3.66. The minimum absolute atomic E-state index is 0.0649. The van der Waals surface area contributed by atoms with Crippen molar-refractivity contribution in [1.29, 1.82) is 0 Å². The number of hydrogen-bond donors (Lipinski definition) is 3. The molecule has 0 atom stereocenters. The third-order valence-electron chi connectivity index (χ3n) is 6.17. The maximum atomic E-state index is 15.2. The standard InChI is InChI=1S/C25H31FN8O/c1-15-12-16-17(27-15)6-7-18(23(16)26)35-22-14-20(28-21-13-19(31-32-21)25(2,3)4)29-24(30-22)34-10-8-33(5)9-11-34/h6-7,12-14,27H,8-11H2,1-5H3,(H2,28,29,30,31,32). The third-order valence-corrected chi connectivity index (χ3v) is 6.17. The fraction of sp³-hybridized carbons (Fsp3) is 0.400. The van der Waals surface area contributed by atoms with E-state index in [9.17, 15) is 0 Å². The summed E-state index contributed by atoms with van der Waals surface area (Å²) in [5.41, 5.74) is 2.55. The van der Waals surface area contributed by atoms with Gasteiger partial charge < -0.3 is 24.8 Å². The zero-order valence-corrected chi connectivity index (χ0v) is 20.7. The predicted octanol–water partition coefficient (Wildman–Crippen LogP) is 4.71. The van der Waals surface area contributed by atoms with Gasteiger partial charge in [0.15, 0.2) is 17.4 Å². The minimum atomic E-state index is -0.428. The summed E-state index contributed by atoms with van der Waals surface area (Å²) in [7, 11) is 2.09. The Morgan fingerprint density at radius 3 is 2.51 bits per heavy atom. The van der Waals surface area contributed by atoms with E-state index in [1.54, 1.807) is 24.3 Å². The monoisotopic (exact) mass is 478 g/mol. The number of piperazine rings is 1. The highest BCUT2D eigenvalue weighted by molar-refractivity contribution is 5.82. The highest BCUT2D eigenvalue weighted by atomic mass is 19.1. The van der Waals surface area contributed by atoms with E-state index in [0.717, 1.165) is 43.1 Å². The largest absolute Gasteiger partial charge is 0.436 e. The number of nitrogens with zero attached hydrogens (tertiary/aromatic N) is 5. The number of benzene rings is 1. The molecule has 184 valence electrons. The Morgan fingerprint density at radius 2 is 1.80 bits per heavy atom. The second kappa shape index (κ2) is 8.84. The second-order valence-electron chi connectivity index (χ2n) is 10.1. The van der Waals surface area contributed by atoms with Gasteiger partial charge >= 0.3 is 0 Å². The molecule has 0 unspecified atom stereocenters. The maximum Gasteiger partial charge on any atom is 0.230 e. The number of likely N-dealkylation sites (N-methyl/N-ethyl adjacent to an activating group) is 1.